The molecule has 0 radical (unpaired) electrons. The van der Waals surface area contributed by atoms with Crippen molar-refractivity contribution in [1.82, 2.24) is 10.1 Å². The predicted molar refractivity (Wildman–Crippen MR) is 98.7 cm³/mol. The summed E-state index contributed by atoms with van der Waals surface area (Å²) in [6.45, 7) is 6.96. The van der Waals surface area contributed by atoms with Gasteiger partial charge in [0.05, 0.1) is 0 Å². The Morgan fingerprint density at radius 2 is 2.00 bits per heavy atom. The Morgan fingerprint density at radius 3 is 2.54 bits per heavy atom. The Balaban J connectivity index is 1.77. The number of benzene rings is 1. The molecule has 0 bridgehead atoms. The third-order valence-electron chi connectivity index (χ3n) is 5.20. The summed E-state index contributed by atoms with van der Waals surface area (Å²) in [5.74, 6) is 0.677. The molecule has 0 aliphatic carbocycles. The Labute approximate surface area is 152 Å². The summed E-state index contributed by atoms with van der Waals surface area (Å²) in [5.41, 5.74) is 2.21. The number of hydrogen-bond donors (Lipinski definition) is 2. The Bertz CT molecular complexity index is 813. The summed E-state index contributed by atoms with van der Waals surface area (Å²) in [6, 6.07) is 9.74. The Morgan fingerprint density at radius 1 is 1.31 bits per heavy atom. The zero-order chi connectivity index (χ0) is 18.9. The van der Waals surface area contributed by atoms with Gasteiger partial charge >= 0.3 is 6.09 Å². The van der Waals surface area contributed by atoms with Crippen molar-refractivity contribution in [2.24, 2.45) is 0 Å². The number of H-pyrrole nitrogens is 1. The molecule has 6 nitrogen and oxygen atoms in total. The van der Waals surface area contributed by atoms with Gasteiger partial charge in [-0.25, -0.2) is 4.79 Å². The largest absolute Gasteiger partial charge is 0.465 e. The van der Waals surface area contributed by atoms with Crippen LogP contribution in [0.5, 0.6) is 0 Å². The number of aromatic nitrogens is 1. The van der Waals surface area contributed by atoms with E-state index in [9.17, 15) is 14.7 Å². The lowest BCUT2D eigenvalue weighted by Crippen LogP contribution is -2.46. The maximum atomic E-state index is 11.6. The van der Waals surface area contributed by atoms with E-state index in [1.807, 2.05) is 0 Å². The van der Waals surface area contributed by atoms with Crippen LogP contribution in [-0.4, -0.2) is 33.8 Å². The second-order valence-electron chi connectivity index (χ2n) is 8.12. The molecule has 26 heavy (non-hydrogen) atoms. The summed E-state index contributed by atoms with van der Waals surface area (Å²) >= 11 is 0. The molecule has 2 aromatic rings. The highest BCUT2D eigenvalue weighted by Gasteiger charge is 2.33. The summed E-state index contributed by atoms with van der Waals surface area (Å²) < 4.78 is 5.25. The molecule has 1 fully saturated rings. The zero-order valence-electron chi connectivity index (χ0n) is 15.5. The van der Waals surface area contributed by atoms with Gasteiger partial charge in [-0.2, -0.15) is 5.16 Å². The van der Waals surface area contributed by atoms with Gasteiger partial charge in [0, 0.05) is 24.6 Å². The van der Waals surface area contributed by atoms with E-state index >= 15 is 0 Å². The smallest absolute Gasteiger partial charge is 0.407 e. The third-order valence-corrected chi connectivity index (χ3v) is 5.20. The molecule has 1 aliphatic rings. The van der Waals surface area contributed by atoms with E-state index in [0.29, 0.717) is 31.6 Å². The van der Waals surface area contributed by atoms with E-state index in [1.54, 1.807) is 0 Å². The molecular weight excluding hydrogens is 332 g/mol. The first-order valence-electron chi connectivity index (χ1n) is 9.01. The van der Waals surface area contributed by atoms with Crippen molar-refractivity contribution in [3.63, 3.8) is 0 Å². The molecule has 3 rings (SSSR count). The van der Waals surface area contributed by atoms with Crippen LogP contribution in [0.4, 0.5) is 4.79 Å². The van der Waals surface area contributed by atoms with Crippen molar-refractivity contribution in [3.05, 3.63) is 57.6 Å². The molecule has 6 heteroatoms. The van der Waals surface area contributed by atoms with Crippen molar-refractivity contribution >= 4 is 6.09 Å². The second-order valence-corrected chi connectivity index (χ2v) is 8.12. The highest BCUT2D eigenvalue weighted by molar-refractivity contribution is 5.65. The summed E-state index contributed by atoms with van der Waals surface area (Å²) in [7, 11) is 0. The number of piperidine rings is 1. The van der Waals surface area contributed by atoms with Gasteiger partial charge in [0.15, 0.2) is 0 Å². The quantitative estimate of drug-likeness (QED) is 0.875. The fraction of sp³-hybridized carbons (Fsp3) is 0.500. The molecule has 2 N–H and O–H groups in total. The number of hydrogen-bond acceptors (Lipinski definition) is 3. The molecule has 1 amide bonds. The lowest BCUT2D eigenvalue weighted by molar-refractivity contribution is 0.0968. The molecule has 2 heterocycles. The monoisotopic (exact) mass is 358 g/mol. The molecule has 1 aromatic heterocycles. The van der Waals surface area contributed by atoms with E-state index in [4.69, 9.17) is 4.52 Å². The van der Waals surface area contributed by atoms with Crippen LogP contribution in [0.2, 0.25) is 0 Å². The van der Waals surface area contributed by atoms with Crippen LogP contribution in [-0.2, 0) is 11.8 Å². The highest BCUT2D eigenvalue weighted by Crippen LogP contribution is 2.33. The van der Waals surface area contributed by atoms with Crippen molar-refractivity contribution in [3.8, 4) is 0 Å². The Hall–Kier alpha value is -2.50. The molecule has 0 unspecified atom stereocenters. The molecule has 0 spiro atoms. The predicted octanol–water partition coefficient (Wildman–Crippen LogP) is 3.73. The van der Waals surface area contributed by atoms with Gasteiger partial charge in [0.2, 0.25) is 0 Å². The van der Waals surface area contributed by atoms with Gasteiger partial charge in [-0.1, -0.05) is 45.0 Å². The topological polar surface area (TPSA) is 86.5 Å². The van der Waals surface area contributed by atoms with Crippen LogP contribution < -0.4 is 5.56 Å². The minimum atomic E-state index is -0.893. The molecular formula is C20H26N2O4. The van der Waals surface area contributed by atoms with Gasteiger partial charge in [-0.15, -0.1) is 0 Å². The third kappa shape index (κ3) is 4.00. The fourth-order valence-corrected chi connectivity index (χ4v) is 3.67. The first-order valence-corrected chi connectivity index (χ1v) is 9.01. The number of nitrogens with zero attached hydrogens (tertiary/aromatic N) is 1. The number of aromatic amines is 1. The first-order chi connectivity index (χ1) is 12.2. The van der Waals surface area contributed by atoms with Crippen molar-refractivity contribution in [2.75, 3.05) is 6.54 Å². The average molecular weight is 358 g/mol. The van der Waals surface area contributed by atoms with Gasteiger partial charge < -0.3 is 14.5 Å². The van der Waals surface area contributed by atoms with Gasteiger partial charge in [0.25, 0.3) is 5.56 Å². The van der Waals surface area contributed by atoms with E-state index in [-0.39, 0.29) is 22.9 Å². The second kappa shape index (κ2) is 7.02. The van der Waals surface area contributed by atoms with Crippen LogP contribution in [0.15, 0.2) is 39.6 Å². The fourth-order valence-electron chi connectivity index (χ4n) is 3.67. The van der Waals surface area contributed by atoms with E-state index in [0.717, 1.165) is 5.56 Å². The molecule has 1 saturated heterocycles. The minimum absolute atomic E-state index is 0.0587. The molecule has 1 aliphatic heterocycles. The standard InChI is InChI=1S/C20H26N2O4/c1-20(2,3)15-6-4-13(5-7-15)10-16-11-14(8-9-22(16)19(24)25)17-12-18(23)21-26-17/h4-7,12,14,16H,8-11H2,1-3H3,(H,21,23)(H,24,25)/t14-,16+/m0/s1. The molecule has 1 aromatic carbocycles. The number of carbonyl (C=O) groups is 1. The van der Waals surface area contributed by atoms with Crippen LogP contribution in [0.3, 0.4) is 0 Å². The SMILES string of the molecule is CC(C)(C)c1ccc(C[C@@H]2C[C@@H](c3cc(=O)[nH]o3)CCN2C(=O)O)cc1. The van der Waals surface area contributed by atoms with Gasteiger partial charge in [-0.05, 0) is 35.8 Å². The average Bonchev–Trinajstić information content (AvgIpc) is 3.01. The normalized spacial score (nSPS) is 21.0. The van der Waals surface area contributed by atoms with Crippen LogP contribution in [0.25, 0.3) is 0 Å². The minimum Gasteiger partial charge on any atom is -0.465 e. The summed E-state index contributed by atoms with van der Waals surface area (Å²) in [5, 5.41) is 11.9. The lowest BCUT2D eigenvalue weighted by Gasteiger charge is -2.37. The Kier molecular flexibility index (Phi) is 4.94. The van der Waals surface area contributed by atoms with Crippen LogP contribution >= 0.6 is 0 Å². The number of carboxylic acid groups (broad SMARTS) is 1. The number of nitrogens with one attached hydrogen (secondary N) is 1. The molecule has 2 atom stereocenters. The van der Waals surface area contributed by atoms with E-state index in [1.165, 1.54) is 16.5 Å². The van der Waals surface area contributed by atoms with Crippen molar-refractivity contribution < 1.29 is 14.4 Å². The maximum absolute atomic E-state index is 11.6. The number of likely N-dealkylation sites (tertiary alicyclic amines) is 1. The van der Waals surface area contributed by atoms with Gasteiger partial charge in [-0.3, -0.25) is 4.79 Å². The highest BCUT2D eigenvalue weighted by atomic mass is 16.5. The number of amides is 1. The number of rotatable bonds is 3. The molecule has 0 saturated carbocycles. The summed E-state index contributed by atoms with van der Waals surface area (Å²) in [4.78, 5) is 24.5. The lowest BCUT2D eigenvalue weighted by atomic mass is 9.84. The first kappa shape index (κ1) is 18.3. The maximum Gasteiger partial charge on any atom is 0.407 e. The van der Waals surface area contributed by atoms with Crippen LogP contribution in [0, 0.1) is 0 Å². The van der Waals surface area contributed by atoms with Crippen molar-refractivity contribution in [2.45, 2.75) is 57.4 Å². The molecule has 140 valence electrons. The van der Waals surface area contributed by atoms with E-state index in [2.05, 4.69) is 50.2 Å². The summed E-state index contributed by atoms with van der Waals surface area (Å²) in [6.07, 6.45) is 1.07. The van der Waals surface area contributed by atoms with Crippen molar-refractivity contribution in [1.29, 1.82) is 0 Å². The van der Waals surface area contributed by atoms with Gasteiger partial charge in [0.1, 0.15) is 5.76 Å². The van der Waals surface area contributed by atoms with Crippen LogP contribution in [0.1, 0.15) is 56.4 Å². The van der Waals surface area contributed by atoms with E-state index < -0.39 is 6.09 Å². The zero-order valence-corrected chi connectivity index (χ0v) is 15.5.